The van der Waals surface area contributed by atoms with Crippen molar-refractivity contribution in [3.8, 4) is 11.4 Å². The number of aryl methyl sites for hydroxylation is 1. The molecule has 1 aromatic carbocycles. The topological polar surface area (TPSA) is 47.1 Å². The molecule has 0 fully saturated rings. The third-order valence-corrected chi connectivity index (χ3v) is 3.06. The van der Waals surface area contributed by atoms with Gasteiger partial charge in [0.15, 0.2) is 0 Å². The summed E-state index contributed by atoms with van der Waals surface area (Å²) in [4.78, 5) is 6.45. The first-order valence-electron chi connectivity index (χ1n) is 6.17. The van der Waals surface area contributed by atoms with E-state index in [4.69, 9.17) is 4.52 Å². The highest BCUT2D eigenvalue weighted by atomic mass is 35.5. The average Bonchev–Trinajstić information content (AvgIpc) is 2.95. The second kappa shape index (κ2) is 5.64. The van der Waals surface area contributed by atoms with Crippen molar-refractivity contribution < 1.29 is 4.52 Å². The van der Waals surface area contributed by atoms with Crippen LogP contribution in [0.4, 0.5) is 0 Å². The van der Waals surface area contributed by atoms with Gasteiger partial charge in [0.25, 0.3) is 0 Å². The summed E-state index contributed by atoms with van der Waals surface area (Å²) in [5.74, 6) is 1.28. The largest absolute Gasteiger partial charge is 0.350 e. The molecule has 2 aromatic heterocycles. The Hall–Kier alpha value is -1.85. The third kappa shape index (κ3) is 2.55. The fourth-order valence-corrected chi connectivity index (χ4v) is 2.22. The molecule has 0 aliphatic rings. The molecule has 0 aliphatic carbocycles. The number of rotatable bonds is 3. The van der Waals surface area contributed by atoms with Crippen LogP contribution >= 0.6 is 12.4 Å². The highest BCUT2D eigenvalue weighted by molar-refractivity contribution is 5.94. The Morgan fingerprint density at radius 2 is 2.00 bits per heavy atom. The first-order valence-corrected chi connectivity index (χ1v) is 6.17. The molecule has 0 saturated carbocycles. The number of hydrogen-bond acceptors (Lipinski definition) is 4. The van der Waals surface area contributed by atoms with Crippen LogP contribution in [0, 0.1) is 0 Å². The van der Waals surface area contributed by atoms with Crippen molar-refractivity contribution >= 4 is 23.3 Å². The van der Waals surface area contributed by atoms with E-state index in [0.29, 0.717) is 18.3 Å². The molecule has 3 aromatic rings. The van der Waals surface area contributed by atoms with Gasteiger partial charge in [0.05, 0.1) is 6.54 Å². The van der Waals surface area contributed by atoms with Gasteiger partial charge in [0.2, 0.25) is 11.7 Å². The Morgan fingerprint density at radius 1 is 1.25 bits per heavy atom. The van der Waals surface area contributed by atoms with Crippen LogP contribution in [0.1, 0.15) is 5.89 Å². The van der Waals surface area contributed by atoms with Crippen LogP contribution in [0.2, 0.25) is 0 Å². The molecule has 5 nitrogen and oxygen atoms in total. The Morgan fingerprint density at radius 3 is 2.75 bits per heavy atom. The molecule has 0 N–H and O–H groups in total. The summed E-state index contributed by atoms with van der Waals surface area (Å²) >= 11 is 0. The molecule has 20 heavy (non-hydrogen) atoms. The van der Waals surface area contributed by atoms with Crippen LogP contribution < -0.4 is 0 Å². The zero-order chi connectivity index (χ0) is 13.4. The smallest absolute Gasteiger partial charge is 0.241 e. The van der Waals surface area contributed by atoms with Crippen molar-refractivity contribution in [2.45, 2.75) is 6.54 Å². The number of nitrogens with zero attached hydrogens (tertiary/aromatic N) is 4. The quantitative estimate of drug-likeness (QED) is 0.745. The van der Waals surface area contributed by atoms with Gasteiger partial charge in [-0.05, 0) is 20.2 Å². The Bertz CT molecular complexity index is 717. The molecule has 0 unspecified atom stereocenters. The Kier molecular flexibility index (Phi) is 4.11. The van der Waals surface area contributed by atoms with Gasteiger partial charge in [-0.25, -0.2) is 0 Å². The van der Waals surface area contributed by atoms with Crippen molar-refractivity contribution in [1.29, 1.82) is 0 Å². The van der Waals surface area contributed by atoms with Crippen LogP contribution in [-0.2, 0) is 13.6 Å². The number of para-hydroxylation sites is 1. The first kappa shape index (κ1) is 14.6. The maximum absolute atomic E-state index is 5.28. The zero-order valence-corrected chi connectivity index (χ0v) is 12.5. The lowest BCUT2D eigenvalue weighted by Gasteiger charge is -2.02. The van der Waals surface area contributed by atoms with Crippen molar-refractivity contribution in [2.75, 3.05) is 14.1 Å². The van der Waals surface area contributed by atoms with Crippen molar-refractivity contribution in [1.82, 2.24) is 19.6 Å². The van der Waals surface area contributed by atoms with Gasteiger partial charge < -0.3 is 14.0 Å². The number of aromatic nitrogens is 3. The van der Waals surface area contributed by atoms with Crippen LogP contribution in [0.15, 0.2) is 35.0 Å². The fraction of sp³-hybridized carbons (Fsp3) is 0.286. The van der Waals surface area contributed by atoms with Crippen LogP contribution in [-0.4, -0.2) is 33.7 Å². The van der Waals surface area contributed by atoms with E-state index in [1.165, 1.54) is 0 Å². The minimum Gasteiger partial charge on any atom is -0.350 e. The molecule has 0 atom stereocenters. The van der Waals surface area contributed by atoms with Crippen LogP contribution in [0.3, 0.4) is 0 Å². The van der Waals surface area contributed by atoms with E-state index in [1.54, 1.807) is 0 Å². The van der Waals surface area contributed by atoms with E-state index in [1.807, 2.05) is 44.4 Å². The molecule has 3 rings (SSSR count). The second-order valence-corrected chi connectivity index (χ2v) is 4.92. The second-order valence-electron chi connectivity index (χ2n) is 4.92. The highest BCUT2D eigenvalue weighted by Crippen LogP contribution is 2.28. The summed E-state index contributed by atoms with van der Waals surface area (Å²) < 4.78 is 7.35. The van der Waals surface area contributed by atoms with E-state index in [2.05, 4.69) is 26.8 Å². The zero-order valence-electron chi connectivity index (χ0n) is 11.7. The van der Waals surface area contributed by atoms with Gasteiger partial charge in [0, 0.05) is 29.7 Å². The summed E-state index contributed by atoms with van der Waals surface area (Å²) in [5.41, 5.74) is 2.17. The standard InChI is InChI=1S/C14H16N4O.ClH/c1-17(2)9-13-15-14(16-19-13)11-8-18(3)12-7-5-4-6-10(11)12;/h4-8H,9H2,1-3H3;1H. The number of halogens is 1. The summed E-state index contributed by atoms with van der Waals surface area (Å²) in [5, 5.41) is 5.22. The SMILES string of the molecule is CN(C)Cc1nc(-c2cn(C)c3ccccc23)no1.Cl. The first-order chi connectivity index (χ1) is 9.15. The highest BCUT2D eigenvalue weighted by Gasteiger charge is 2.14. The predicted molar refractivity (Wildman–Crippen MR) is 80.9 cm³/mol. The van der Waals surface area contributed by atoms with E-state index < -0.39 is 0 Å². The fourth-order valence-electron chi connectivity index (χ4n) is 2.22. The van der Waals surface area contributed by atoms with Crippen molar-refractivity contribution in [3.63, 3.8) is 0 Å². The molecule has 2 heterocycles. The van der Waals surface area contributed by atoms with Gasteiger partial charge >= 0.3 is 0 Å². The van der Waals surface area contributed by atoms with Gasteiger partial charge in [0.1, 0.15) is 0 Å². The minimum absolute atomic E-state index is 0. The van der Waals surface area contributed by atoms with E-state index >= 15 is 0 Å². The number of hydrogen-bond donors (Lipinski definition) is 0. The summed E-state index contributed by atoms with van der Waals surface area (Å²) in [7, 11) is 5.97. The molecule has 106 valence electrons. The normalized spacial score (nSPS) is 11.0. The minimum atomic E-state index is 0. The molecule has 0 spiro atoms. The molecule has 0 saturated heterocycles. The van der Waals surface area contributed by atoms with Crippen molar-refractivity contribution in [3.05, 3.63) is 36.4 Å². The van der Waals surface area contributed by atoms with Crippen LogP contribution in [0.25, 0.3) is 22.3 Å². The van der Waals surface area contributed by atoms with Crippen molar-refractivity contribution in [2.24, 2.45) is 7.05 Å². The predicted octanol–water partition coefficient (Wildman–Crippen LogP) is 2.71. The van der Waals surface area contributed by atoms with E-state index in [9.17, 15) is 0 Å². The monoisotopic (exact) mass is 292 g/mol. The Labute approximate surface area is 123 Å². The van der Waals surface area contributed by atoms with Gasteiger partial charge in [-0.2, -0.15) is 4.98 Å². The van der Waals surface area contributed by atoms with Gasteiger partial charge in [-0.3, -0.25) is 0 Å². The number of benzene rings is 1. The molecule has 0 amide bonds. The lowest BCUT2D eigenvalue weighted by atomic mass is 10.2. The molecule has 6 heteroatoms. The summed E-state index contributed by atoms with van der Waals surface area (Å²) in [6.07, 6.45) is 2.04. The lowest BCUT2D eigenvalue weighted by Crippen LogP contribution is -2.10. The maximum Gasteiger partial charge on any atom is 0.241 e. The van der Waals surface area contributed by atoms with Gasteiger partial charge in [-0.15, -0.1) is 12.4 Å². The van der Waals surface area contributed by atoms with Crippen LogP contribution in [0.5, 0.6) is 0 Å². The molecule has 0 radical (unpaired) electrons. The maximum atomic E-state index is 5.28. The molecular formula is C14H17ClN4O. The lowest BCUT2D eigenvalue weighted by molar-refractivity contribution is 0.303. The summed E-state index contributed by atoms with van der Waals surface area (Å²) in [6.45, 7) is 0.651. The average molecular weight is 293 g/mol. The summed E-state index contributed by atoms with van der Waals surface area (Å²) in [6, 6.07) is 8.21. The third-order valence-electron chi connectivity index (χ3n) is 3.06. The molecule has 0 bridgehead atoms. The Balaban J connectivity index is 0.00000147. The molecule has 0 aliphatic heterocycles. The number of fused-ring (bicyclic) bond motifs is 1. The van der Waals surface area contributed by atoms with E-state index in [-0.39, 0.29) is 12.4 Å². The van der Waals surface area contributed by atoms with E-state index in [0.717, 1.165) is 16.5 Å². The van der Waals surface area contributed by atoms with Gasteiger partial charge in [-0.1, -0.05) is 23.4 Å². The molecular weight excluding hydrogens is 276 g/mol.